The van der Waals surface area contributed by atoms with Crippen molar-refractivity contribution in [1.82, 2.24) is 15.1 Å². The molecule has 2 amide bonds. The van der Waals surface area contributed by atoms with Crippen LogP contribution < -0.4 is 5.32 Å². The van der Waals surface area contributed by atoms with E-state index in [1.807, 2.05) is 11.0 Å². The molecule has 0 radical (unpaired) electrons. The van der Waals surface area contributed by atoms with Crippen molar-refractivity contribution in [1.29, 1.82) is 0 Å². The fourth-order valence-corrected chi connectivity index (χ4v) is 3.72. The Morgan fingerprint density at radius 3 is 2.80 bits per heavy atom. The summed E-state index contributed by atoms with van der Waals surface area (Å²) >= 11 is 0. The molecule has 1 fully saturated rings. The van der Waals surface area contributed by atoms with Crippen LogP contribution in [0.5, 0.6) is 0 Å². The van der Waals surface area contributed by atoms with E-state index in [9.17, 15) is 4.79 Å². The number of rotatable bonds is 5. The SMILES string of the molecule is COCC1=CCN(C(=O)N[C@H]2C[C@@H](C)N(Cc3ccccc3)C2)CC1. The van der Waals surface area contributed by atoms with Gasteiger partial charge in [-0.15, -0.1) is 0 Å². The number of hydrogen-bond acceptors (Lipinski definition) is 3. The second-order valence-corrected chi connectivity index (χ2v) is 7.14. The lowest BCUT2D eigenvalue weighted by Gasteiger charge is -2.28. The third-order valence-electron chi connectivity index (χ3n) is 5.18. The summed E-state index contributed by atoms with van der Waals surface area (Å²) in [5.41, 5.74) is 2.61. The van der Waals surface area contributed by atoms with Crippen LogP contribution >= 0.6 is 0 Å². The largest absolute Gasteiger partial charge is 0.380 e. The molecule has 1 N–H and O–H groups in total. The number of methoxy groups -OCH3 is 1. The Kier molecular flexibility index (Phi) is 6.10. The van der Waals surface area contributed by atoms with Gasteiger partial charge in [0.25, 0.3) is 0 Å². The first-order chi connectivity index (χ1) is 12.2. The minimum atomic E-state index is 0.0616. The van der Waals surface area contributed by atoms with Crippen LogP contribution in [0.4, 0.5) is 4.79 Å². The van der Waals surface area contributed by atoms with E-state index in [0.717, 1.165) is 32.5 Å². The van der Waals surface area contributed by atoms with E-state index in [0.29, 0.717) is 19.2 Å². The Balaban J connectivity index is 1.48. The summed E-state index contributed by atoms with van der Waals surface area (Å²) in [6.45, 7) is 6.24. The zero-order chi connectivity index (χ0) is 17.6. The van der Waals surface area contributed by atoms with E-state index in [2.05, 4.69) is 47.5 Å². The van der Waals surface area contributed by atoms with Crippen molar-refractivity contribution >= 4 is 6.03 Å². The van der Waals surface area contributed by atoms with Gasteiger partial charge >= 0.3 is 6.03 Å². The Labute approximate surface area is 150 Å². The zero-order valence-electron chi connectivity index (χ0n) is 15.3. The van der Waals surface area contributed by atoms with Gasteiger partial charge in [0.2, 0.25) is 0 Å². The minimum Gasteiger partial charge on any atom is -0.380 e. The Morgan fingerprint density at radius 1 is 1.32 bits per heavy atom. The molecule has 25 heavy (non-hydrogen) atoms. The third kappa shape index (κ3) is 4.83. The lowest BCUT2D eigenvalue weighted by Crippen LogP contribution is -2.47. The second-order valence-electron chi connectivity index (χ2n) is 7.14. The maximum atomic E-state index is 12.5. The van der Waals surface area contributed by atoms with Crippen LogP contribution in [-0.4, -0.2) is 61.3 Å². The fourth-order valence-electron chi connectivity index (χ4n) is 3.72. The number of carbonyl (C=O) groups is 1. The zero-order valence-corrected chi connectivity index (χ0v) is 15.3. The predicted molar refractivity (Wildman–Crippen MR) is 99.4 cm³/mol. The van der Waals surface area contributed by atoms with Crippen molar-refractivity contribution in [3.8, 4) is 0 Å². The first-order valence-corrected chi connectivity index (χ1v) is 9.16. The lowest BCUT2D eigenvalue weighted by atomic mass is 10.1. The summed E-state index contributed by atoms with van der Waals surface area (Å²) in [6, 6.07) is 11.3. The van der Waals surface area contributed by atoms with Gasteiger partial charge < -0.3 is 15.0 Å². The van der Waals surface area contributed by atoms with Gasteiger partial charge in [-0.2, -0.15) is 0 Å². The van der Waals surface area contributed by atoms with Gasteiger partial charge in [-0.1, -0.05) is 36.4 Å². The molecule has 0 bridgehead atoms. The maximum absolute atomic E-state index is 12.5. The van der Waals surface area contributed by atoms with Crippen LogP contribution in [0.25, 0.3) is 0 Å². The van der Waals surface area contributed by atoms with Crippen molar-refractivity contribution in [2.45, 2.75) is 38.4 Å². The molecule has 1 aromatic rings. The molecular weight excluding hydrogens is 314 g/mol. The highest BCUT2D eigenvalue weighted by molar-refractivity contribution is 5.75. The normalized spacial score (nSPS) is 24.2. The number of carbonyl (C=O) groups excluding carboxylic acids is 1. The summed E-state index contributed by atoms with van der Waals surface area (Å²) in [4.78, 5) is 16.9. The van der Waals surface area contributed by atoms with Crippen LogP contribution in [0.3, 0.4) is 0 Å². The summed E-state index contributed by atoms with van der Waals surface area (Å²) in [7, 11) is 1.71. The smallest absolute Gasteiger partial charge is 0.317 e. The highest BCUT2D eigenvalue weighted by atomic mass is 16.5. The van der Waals surface area contributed by atoms with Gasteiger partial charge in [0, 0.05) is 45.4 Å². The predicted octanol–water partition coefficient (Wildman–Crippen LogP) is 2.64. The number of likely N-dealkylation sites (tertiary alicyclic amines) is 1. The van der Waals surface area contributed by atoms with E-state index in [-0.39, 0.29) is 12.1 Å². The maximum Gasteiger partial charge on any atom is 0.317 e. The summed E-state index contributed by atoms with van der Waals surface area (Å²) in [5, 5.41) is 3.23. The molecule has 136 valence electrons. The molecule has 5 heteroatoms. The molecule has 0 saturated carbocycles. The standard InChI is InChI=1S/C20H29N3O2/c1-16-12-19(14-23(16)13-17-6-4-3-5-7-17)21-20(24)22-10-8-18(9-11-22)15-25-2/h3-8,16,19H,9-15H2,1-2H3,(H,21,24)/t16-,19+/m1/s1. The van der Waals surface area contributed by atoms with E-state index in [1.54, 1.807) is 7.11 Å². The molecule has 2 atom stereocenters. The van der Waals surface area contributed by atoms with Crippen LogP contribution in [0, 0.1) is 0 Å². The number of nitrogens with one attached hydrogen (secondary N) is 1. The fraction of sp³-hybridized carbons (Fsp3) is 0.550. The number of ether oxygens (including phenoxy) is 1. The molecule has 2 heterocycles. The van der Waals surface area contributed by atoms with Crippen LogP contribution in [0.15, 0.2) is 42.0 Å². The van der Waals surface area contributed by atoms with Gasteiger partial charge in [-0.05, 0) is 30.9 Å². The number of hydrogen-bond donors (Lipinski definition) is 1. The number of urea groups is 1. The van der Waals surface area contributed by atoms with Crippen molar-refractivity contribution < 1.29 is 9.53 Å². The highest BCUT2D eigenvalue weighted by Crippen LogP contribution is 2.21. The molecule has 3 rings (SSSR count). The second kappa shape index (κ2) is 8.50. The molecule has 1 saturated heterocycles. The van der Waals surface area contributed by atoms with E-state index >= 15 is 0 Å². The molecule has 0 unspecified atom stereocenters. The molecule has 5 nitrogen and oxygen atoms in total. The van der Waals surface area contributed by atoms with Gasteiger partial charge in [0.15, 0.2) is 0 Å². The van der Waals surface area contributed by atoms with Crippen LogP contribution in [0.2, 0.25) is 0 Å². The van der Waals surface area contributed by atoms with Crippen molar-refractivity contribution in [2.24, 2.45) is 0 Å². The van der Waals surface area contributed by atoms with Crippen LogP contribution in [0.1, 0.15) is 25.3 Å². The average Bonchev–Trinajstić information content (AvgIpc) is 2.96. The summed E-state index contributed by atoms with van der Waals surface area (Å²) < 4.78 is 5.16. The molecule has 0 aliphatic carbocycles. The Morgan fingerprint density at radius 2 is 2.12 bits per heavy atom. The Hall–Kier alpha value is -1.85. The quantitative estimate of drug-likeness (QED) is 0.836. The molecule has 2 aliphatic rings. The molecular formula is C20H29N3O2. The average molecular weight is 343 g/mol. The highest BCUT2D eigenvalue weighted by Gasteiger charge is 2.31. The molecule has 0 spiro atoms. The number of amides is 2. The molecule has 0 aromatic heterocycles. The third-order valence-corrected chi connectivity index (χ3v) is 5.18. The van der Waals surface area contributed by atoms with Crippen molar-refractivity contribution in [2.75, 3.05) is 33.4 Å². The van der Waals surface area contributed by atoms with Gasteiger partial charge in [-0.25, -0.2) is 4.79 Å². The first kappa shape index (κ1) is 18.0. The van der Waals surface area contributed by atoms with Gasteiger partial charge in [0.1, 0.15) is 0 Å². The summed E-state index contributed by atoms with van der Waals surface area (Å²) in [5.74, 6) is 0. The number of benzene rings is 1. The van der Waals surface area contributed by atoms with Gasteiger partial charge in [-0.3, -0.25) is 4.90 Å². The van der Waals surface area contributed by atoms with Crippen molar-refractivity contribution in [3.05, 3.63) is 47.5 Å². The molecule has 1 aromatic carbocycles. The monoisotopic (exact) mass is 343 g/mol. The van der Waals surface area contributed by atoms with Crippen molar-refractivity contribution in [3.63, 3.8) is 0 Å². The Bertz CT molecular complexity index is 602. The first-order valence-electron chi connectivity index (χ1n) is 9.16. The number of nitrogens with zero attached hydrogens (tertiary/aromatic N) is 2. The topological polar surface area (TPSA) is 44.8 Å². The molecule has 2 aliphatic heterocycles. The van der Waals surface area contributed by atoms with E-state index < -0.39 is 0 Å². The van der Waals surface area contributed by atoms with Crippen LogP contribution in [-0.2, 0) is 11.3 Å². The van der Waals surface area contributed by atoms with E-state index in [1.165, 1.54) is 11.1 Å². The minimum absolute atomic E-state index is 0.0616. The van der Waals surface area contributed by atoms with Gasteiger partial charge in [0.05, 0.1) is 6.61 Å². The lowest BCUT2D eigenvalue weighted by molar-refractivity contribution is 0.190. The summed E-state index contributed by atoms with van der Waals surface area (Å²) in [6.07, 6.45) is 4.03. The van der Waals surface area contributed by atoms with E-state index in [4.69, 9.17) is 4.74 Å².